The maximum atomic E-state index is 13.4. The highest BCUT2D eigenvalue weighted by molar-refractivity contribution is 5.72. The molecule has 1 unspecified atom stereocenters. The number of ether oxygens (including phenoxy) is 4. The largest absolute Gasteiger partial charge is 0.492 e. The maximum absolute atomic E-state index is 13.4. The lowest BCUT2D eigenvalue weighted by molar-refractivity contribution is -0.174. The highest BCUT2D eigenvalue weighted by atomic mass is 19.4. The van der Waals surface area contributed by atoms with E-state index in [2.05, 4.69) is 4.74 Å². The number of hydrogen-bond acceptors (Lipinski definition) is 6. The van der Waals surface area contributed by atoms with Crippen molar-refractivity contribution in [2.75, 3.05) is 39.5 Å². The Labute approximate surface area is 211 Å². The minimum absolute atomic E-state index is 0.0162. The van der Waals surface area contributed by atoms with Crippen molar-refractivity contribution in [1.82, 2.24) is 4.90 Å². The Morgan fingerprint density at radius 2 is 1.76 bits per heavy atom. The molecule has 0 fully saturated rings. The molecule has 0 saturated heterocycles. The zero-order chi connectivity index (χ0) is 27.3. The van der Waals surface area contributed by atoms with E-state index in [-0.39, 0.29) is 51.5 Å². The van der Waals surface area contributed by atoms with E-state index in [9.17, 15) is 32.3 Å². The average Bonchev–Trinajstić information content (AvgIpc) is 2.82. The molecule has 8 nitrogen and oxygen atoms in total. The van der Waals surface area contributed by atoms with Gasteiger partial charge in [0.2, 0.25) is 0 Å². The lowest BCUT2D eigenvalue weighted by Crippen LogP contribution is -2.38. The third-order valence-electron chi connectivity index (χ3n) is 4.86. The topological polar surface area (TPSA) is 94.5 Å². The van der Waals surface area contributed by atoms with E-state index in [1.165, 1.54) is 23.1 Å². The van der Waals surface area contributed by atoms with Crippen LogP contribution in [0.2, 0.25) is 0 Å². The standard InChI is InChI=1S/C25H29F4NO7/c1-2-35-22(23(31)32)15-18-7-9-20(10-8-18)36-14-12-30(11-4-13-34-17-25(27,28)29)24(33)37-21-6-3-5-19(26)16-21/h3,5-10,16,22H,2,4,11-15,17H2,1H3,(H,31,32). The summed E-state index contributed by atoms with van der Waals surface area (Å²) in [5, 5.41) is 9.20. The van der Waals surface area contributed by atoms with Crippen molar-refractivity contribution in [3.8, 4) is 11.5 Å². The van der Waals surface area contributed by atoms with Gasteiger partial charge in [-0.15, -0.1) is 0 Å². The van der Waals surface area contributed by atoms with Gasteiger partial charge < -0.3 is 29.0 Å². The number of alkyl halides is 3. The van der Waals surface area contributed by atoms with Gasteiger partial charge >= 0.3 is 18.2 Å². The molecule has 0 saturated carbocycles. The van der Waals surface area contributed by atoms with Crippen LogP contribution >= 0.6 is 0 Å². The Hall–Kier alpha value is -3.38. The summed E-state index contributed by atoms with van der Waals surface area (Å²) in [7, 11) is 0. The summed E-state index contributed by atoms with van der Waals surface area (Å²) in [4.78, 5) is 25.0. The summed E-state index contributed by atoms with van der Waals surface area (Å²) in [5.74, 6) is -1.22. The zero-order valence-electron chi connectivity index (χ0n) is 20.2. The molecule has 0 aromatic heterocycles. The number of carbonyl (C=O) groups excluding carboxylic acids is 1. The molecular weight excluding hydrogens is 502 g/mol. The van der Waals surface area contributed by atoms with Gasteiger partial charge in [-0.2, -0.15) is 13.2 Å². The predicted octanol–water partition coefficient (Wildman–Crippen LogP) is 4.71. The summed E-state index contributed by atoms with van der Waals surface area (Å²) >= 11 is 0. The Bertz CT molecular complexity index is 986. The molecule has 0 aliphatic carbocycles. The van der Waals surface area contributed by atoms with Gasteiger partial charge in [0.25, 0.3) is 0 Å². The molecular formula is C25H29F4NO7. The number of benzene rings is 2. The molecule has 204 valence electrons. The van der Waals surface area contributed by atoms with Crippen LogP contribution in [0.15, 0.2) is 48.5 Å². The first-order valence-corrected chi connectivity index (χ1v) is 11.5. The van der Waals surface area contributed by atoms with Crippen LogP contribution in [0.25, 0.3) is 0 Å². The van der Waals surface area contributed by atoms with Crippen molar-refractivity contribution < 1.29 is 51.2 Å². The normalized spacial score (nSPS) is 12.1. The highest BCUT2D eigenvalue weighted by Crippen LogP contribution is 2.17. The highest BCUT2D eigenvalue weighted by Gasteiger charge is 2.27. The average molecular weight is 531 g/mol. The van der Waals surface area contributed by atoms with Crippen LogP contribution in [0, 0.1) is 5.82 Å². The number of amides is 1. The second-order valence-electron chi connectivity index (χ2n) is 7.81. The van der Waals surface area contributed by atoms with E-state index in [1.54, 1.807) is 31.2 Å². The predicted molar refractivity (Wildman–Crippen MR) is 124 cm³/mol. The summed E-state index contributed by atoms with van der Waals surface area (Å²) < 4.78 is 70.7. The monoisotopic (exact) mass is 531 g/mol. The van der Waals surface area contributed by atoms with Gasteiger partial charge in [0.05, 0.1) is 6.54 Å². The van der Waals surface area contributed by atoms with Gasteiger partial charge in [-0.3, -0.25) is 0 Å². The number of nitrogens with zero attached hydrogens (tertiary/aromatic N) is 1. The van der Waals surface area contributed by atoms with Crippen LogP contribution in [0.1, 0.15) is 18.9 Å². The Morgan fingerprint density at radius 1 is 1.03 bits per heavy atom. The lowest BCUT2D eigenvalue weighted by atomic mass is 10.1. The molecule has 0 aliphatic heterocycles. The number of aliphatic carboxylic acids is 1. The smallest absolute Gasteiger partial charge is 0.415 e. The summed E-state index contributed by atoms with van der Waals surface area (Å²) in [5.41, 5.74) is 0.729. The fraction of sp³-hybridized carbons (Fsp3) is 0.440. The molecule has 2 aromatic carbocycles. The van der Waals surface area contributed by atoms with Crippen molar-refractivity contribution in [2.45, 2.75) is 32.0 Å². The quantitative estimate of drug-likeness (QED) is 0.263. The zero-order valence-corrected chi connectivity index (χ0v) is 20.2. The lowest BCUT2D eigenvalue weighted by Gasteiger charge is -2.22. The van der Waals surface area contributed by atoms with Gasteiger partial charge in [0.15, 0.2) is 6.10 Å². The number of halogens is 4. The molecule has 0 aliphatic rings. The van der Waals surface area contributed by atoms with Crippen molar-refractivity contribution in [1.29, 1.82) is 0 Å². The number of carboxylic acid groups (broad SMARTS) is 1. The number of carbonyl (C=O) groups is 2. The molecule has 2 rings (SSSR count). The third kappa shape index (κ3) is 11.9. The summed E-state index contributed by atoms with van der Waals surface area (Å²) in [6.07, 6.45) is -5.95. The maximum Gasteiger partial charge on any atom is 0.415 e. The van der Waals surface area contributed by atoms with Gasteiger partial charge in [0.1, 0.15) is 30.5 Å². The number of carboxylic acids is 1. The Balaban J connectivity index is 1.91. The van der Waals surface area contributed by atoms with Crippen molar-refractivity contribution in [3.63, 3.8) is 0 Å². The van der Waals surface area contributed by atoms with E-state index in [4.69, 9.17) is 14.2 Å². The molecule has 1 amide bonds. The van der Waals surface area contributed by atoms with Gasteiger partial charge in [-0.05, 0) is 43.2 Å². The van der Waals surface area contributed by atoms with E-state index in [0.717, 1.165) is 11.6 Å². The molecule has 0 bridgehead atoms. The second-order valence-corrected chi connectivity index (χ2v) is 7.81. The fourth-order valence-electron chi connectivity index (χ4n) is 3.16. The van der Waals surface area contributed by atoms with E-state index < -0.39 is 36.8 Å². The molecule has 0 spiro atoms. The first kappa shape index (κ1) is 29.8. The fourth-order valence-corrected chi connectivity index (χ4v) is 3.16. The van der Waals surface area contributed by atoms with Crippen LogP contribution in [0.3, 0.4) is 0 Å². The minimum atomic E-state index is -4.45. The molecule has 2 aromatic rings. The van der Waals surface area contributed by atoms with Crippen LogP contribution in [0.5, 0.6) is 11.5 Å². The first-order chi connectivity index (χ1) is 17.6. The molecule has 1 N–H and O–H groups in total. The number of rotatable bonds is 15. The van der Waals surface area contributed by atoms with Crippen molar-refractivity contribution in [3.05, 3.63) is 59.9 Å². The number of hydrogen-bond donors (Lipinski definition) is 1. The first-order valence-electron chi connectivity index (χ1n) is 11.5. The van der Waals surface area contributed by atoms with E-state index in [0.29, 0.717) is 5.75 Å². The third-order valence-corrected chi connectivity index (χ3v) is 4.86. The Morgan fingerprint density at radius 3 is 2.38 bits per heavy atom. The second kappa shape index (κ2) is 15.0. The van der Waals surface area contributed by atoms with Gasteiger partial charge in [-0.25, -0.2) is 14.0 Å². The van der Waals surface area contributed by atoms with Crippen molar-refractivity contribution in [2.24, 2.45) is 0 Å². The van der Waals surface area contributed by atoms with Crippen LogP contribution in [-0.4, -0.2) is 73.9 Å². The van der Waals surface area contributed by atoms with E-state index in [1.807, 2.05) is 0 Å². The molecule has 0 radical (unpaired) electrons. The minimum Gasteiger partial charge on any atom is -0.492 e. The van der Waals surface area contributed by atoms with Crippen LogP contribution in [0.4, 0.5) is 22.4 Å². The van der Waals surface area contributed by atoms with Gasteiger partial charge in [-0.1, -0.05) is 18.2 Å². The molecule has 1 atom stereocenters. The summed E-state index contributed by atoms with van der Waals surface area (Å²) in [6.45, 7) is 0.424. The molecule has 12 heteroatoms. The Kier molecular flexibility index (Phi) is 12.1. The van der Waals surface area contributed by atoms with Crippen LogP contribution < -0.4 is 9.47 Å². The molecule has 37 heavy (non-hydrogen) atoms. The van der Waals surface area contributed by atoms with Crippen molar-refractivity contribution >= 4 is 12.1 Å². The SMILES string of the molecule is CCOC(Cc1ccc(OCCN(CCCOCC(F)(F)F)C(=O)Oc2cccc(F)c2)cc1)C(=O)O. The summed E-state index contributed by atoms with van der Waals surface area (Å²) in [6, 6.07) is 11.6. The van der Waals surface area contributed by atoms with Gasteiger partial charge in [0, 0.05) is 32.2 Å². The molecule has 0 heterocycles. The van der Waals surface area contributed by atoms with E-state index >= 15 is 0 Å². The van der Waals surface area contributed by atoms with Crippen LogP contribution in [-0.2, 0) is 20.7 Å².